The molecule has 1 N–H and O–H groups in total. The van der Waals surface area contributed by atoms with Crippen molar-refractivity contribution in [2.45, 2.75) is 161 Å². The average Bonchev–Trinajstić information content (AvgIpc) is 3.89. The van der Waals surface area contributed by atoms with Crippen LogP contribution in [0.1, 0.15) is 142 Å². The Kier molecular flexibility index (Phi) is 30.2. The van der Waals surface area contributed by atoms with Crippen LogP contribution in [0.3, 0.4) is 0 Å². The fourth-order valence-corrected chi connectivity index (χ4v) is 6.24. The standard InChI is InChI=1S/C44H76NO9P/c1-6-8-10-12-14-15-16-17-18-19-22-26-30-34-43(46)50-38-40(39-52-55(48,49)51-37-36-45(3,4)5)53-44(47)35-31-27-23-20-21-25-29-33-42-41(54-42)32-28-24-13-11-9-7-2/h9,11,15-16,20,23-25,28-29,40-42H,6-8,10,12-14,17-19,21-22,26-27,30-39H2,1-5H3/p+1/b11-9-,16-15-,23-20-,28-24-,29-25-. The molecule has 1 aliphatic heterocycles. The number of allylic oxidation sites excluding steroid dienone is 8. The van der Waals surface area contributed by atoms with E-state index in [-0.39, 0.29) is 26.1 Å². The molecule has 0 bridgehead atoms. The van der Waals surface area contributed by atoms with Gasteiger partial charge in [0.05, 0.1) is 40.0 Å². The van der Waals surface area contributed by atoms with Gasteiger partial charge in [-0.15, -0.1) is 0 Å². The van der Waals surface area contributed by atoms with Gasteiger partial charge in [-0.2, -0.15) is 0 Å². The summed E-state index contributed by atoms with van der Waals surface area (Å²) in [5, 5.41) is 0. The molecule has 4 atom stereocenters. The van der Waals surface area contributed by atoms with Crippen molar-refractivity contribution in [1.82, 2.24) is 0 Å². The van der Waals surface area contributed by atoms with E-state index in [0.717, 1.165) is 64.2 Å². The molecule has 55 heavy (non-hydrogen) atoms. The lowest BCUT2D eigenvalue weighted by Crippen LogP contribution is -2.37. The monoisotopic (exact) mass is 795 g/mol. The van der Waals surface area contributed by atoms with Crippen molar-refractivity contribution >= 4 is 19.8 Å². The van der Waals surface area contributed by atoms with Crippen molar-refractivity contribution in [2.24, 2.45) is 0 Å². The smallest absolute Gasteiger partial charge is 0.462 e. The number of rotatable bonds is 36. The van der Waals surface area contributed by atoms with Gasteiger partial charge in [-0.25, -0.2) is 4.57 Å². The first-order valence-corrected chi connectivity index (χ1v) is 22.6. The molecule has 10 nitrogen and oxygen atoms in total. The Morgan fingerprint density at radius 2 is 1.22 bits per heavy atom. The molecule has 11 heteroatoms. The third kappa shape index (κ3) is 33.5. The number of quaternary nitrogens is 1. The zero-order valence-corrected chi connectivity index (χ0v) is 36.0. The normalized spacial score (nSPS) is 17.9. The van der Waals surface area contributed by atoms with Gasteiger partial charge in [-0.1, -0.05) is 113 Å². The van der Waals surface area contributed by atoms with Gasteiger partial charge < -0.3 is 23.6 Å². The van der Waals surface area contributed by atoms with Crippen LogP contribution in [0.5, 0.6) is 0 Å². The maximum atomic E-state index is 12.7. The summed E-state index contributed by atoms with van der Waals surface area (Å²) in [7, 11) is 1.42. The van der Waals surface area contributed by atoms with E-state index in [4.69, 9.17) is 23.3 Å². The minimum Gasteiger partial charge on any atom is -0.462 e. The van der Waals surface area contributed by atoms with E-state index in [1.807, 2.05) is 27.2 Å². The predicted octanol–water partition coefficient (Wildman–Crippen LogP) is 10.7. The first-order valence-electron chi connectivity index (χ1n) is 21.1. The van der Waals surface area contributed by atoms with Gasteiger partial charge in [0.2, 0.25) is 0 Å². The van der Waals surface area contributed by atoms with Crippen molar-refractivity contribution in [3.05, 3.63) is 60.8 Å². The quantitative estimate of drug-likeness (QED) is 0.0165. The van der Waals surface area contributed by atoms with Crippen LogP contribution >= 0.6 is 7.82 Å². The Labute approximate surface area is 334 Å². The molecule has 0 aromatic carbocycles. The highest BCUT2D eigenvalue weighted by Crippen LogP contribution is 2.43. The number of carbonyl (C=O) groups excluding carboxylic acids is 2. The van der Waals surface area contributed by atoms with E-state index < -0.39 is 32.5 Å². The summed E-state index contributed by atoms with van der Waals surface area (Å²) in [5.74, 6) is -0.889. The lowest BCUT2D eigenvalue weighted by atomic mass is 10.1. The Morgan fingerprint density at radius 1 is 0.673 bits per heavy atom. The molecular formula is C44H77NO9P+. The second-order valence-corrected chi connectivity index (χ2v) is 16.8. The minimum atomic E-state index is -4.40. The van der Waals surface area contributed by atoms with E-state index in [1.54, 1.807) is 0 Å². The summed E-state index contributed by atoms with van der Waals surface area (Å²) in [6.07, 6.45) is 40.2. The van der Waals surface area contributed by atoms with E-state index in [1.165, 1.54) is 32.1 Å². The fourth-order valence-electron chi connectivity index (χ4n) is 5.50. The second kappa shape index (κ2) is 32.7. The molecule has 0 aromatic heterocycles. The van der Waals surface area contributed by atoms with Crippen LogP contribution in [0.15, 0.2) is 60.8 Å². The van der Waals surface area contributed by atoms with Gasteiger partial charge in [0.15, 0.2) is 6.10 Å². The molecule has 316 valence electrons. The molecule has 1 rings (SSSR count). The van der Waals surface area contributed by atoms with E-state index in [9.17, 15) is 19.0 Å². The number of epoxide rings is 1. The molecule has 1 saturated heterocycles. The van der Waals surface area contributed by atoms with Gasteiger partial charge in [-0.05, 0) is 77.0 Å². The highest BCUT2D eigenvalue weighted by Gasteiger charge is 2.36. The number of hydrogen-bond donors (Lipinski definition) is 1. The molecule has 0 spiro atoms. The predicted molar refractivity (Wildman–Crippen MR) is 224 cm³/mol. The molecular weight excluding hydrogens is 717 g/mol. The van der Waals surface area contributed by atoms with Crippen molar-refractivity contribution in [1.29, 1.82) is 0 Å². The summed E-state index contributed by atoms with van der Waals surface area (Å²) in [5.41, 5.74) is 0. The van der Waals surface area contributed by atoms with Crippen molar-refractivity contribution < 1.29 is 46.8 Å². The number of hydrogen-bond acceptors (Lipinski definition) is 8. The Morgan fingerprint density at radius 3 is 1.85 bits per heavy atom. The number of unbranched alkanes of at least 4 members (excludes halogenated alkanes) is 10. The van der Waals surface area contributed by atoms with E-state index in [2.05, 4.69) is 68.5 Å². The Bertz CT molecular complexity index is 1190. The summed E-state index contributed by atoms with van der Waals surface area (Å²) >= 11 is 0. The summed E-state index contributed by atoms with van der Waals surface area (Å²) in [6, 6.07) is 0. The molecule has 1 fully saturated rings. The number of carbonyl (C=O) groups is 2. The van der Waals surface area contributed by atoms with Crippen LogP contribution < -0.4 is 0 Å². The van der Waals surface area contributed by atoms with Crippen molar-refractivity contribution in [2.75, 3.05) is 47.5 Å². The van der Waals surface area contributed by atoms with Crippen LogP contribution in [0.4, 0.5) is 0 Å². The number of esters is 2. The van der Waals surface area contributed by atoms with E-state index >= 15 is 0 Å². The largest absolute Gasteiger partial charge is 0.472 e. The Hall–Kier alpha value is -2.33. The zero-order valence-electron chi connectivity index (χ0n) is 35.1. The van der Waals surface area contributed by atoms with Crippen LogP contribution in [0.2, 0.25) is 0 Å². The molecule has 4 unspecified atom stereocenters. The van der Waals surface area contributed by atoms with Crippen LogP contribution in [0, 0.1) is 0 Å². The molecule has 0 aromatic rings. The van der Waals surface area contributed by atoms with Gasteiger partial charge in [-0.3, -0.25) is 18.6 Å². The second-order valence-electron chi connectivity index (χ2n) is 15.4. The third-order valence-electron chi connectivity index (χ3n) is 8.93. The van der Waals surface area contributed by atoms with Crippen LogP contribution in [-0.2, 0) is 37.4 Å². The summed E-state index contributed by atoms with van der Waals surface area (Å²) < 4.78 is 39.9. The zero-order chi connectivity index (χ0) is 40.5. The maximum Gasteiger partial charge on any atom is 0.472 e. The van der Waals surface area contributed by atoms with Gasteiger partial charge in [0.1, 0.15) is 19.8 Å². The first-order chi connectivity index (χ1) is 26.5. The number of nitrogens with zero attached hydrogens (tertiary/aromatic N) is 1. The SMILES string of the molecule is CC/C=C\C/C=C\CC1OC1C/C=C\C/C=C\CCCC(=O)OC(COC(=O)CCCCCCC/C=C\CCCCCC)COP(=O)(O)OCC[N+](C)(C)C. The maximum absolute atomic E-state index is 12.7. The Balaban J connectivity index is 2.36. The highest BCUT2D eigenvalue weighted by atomic mass is 31.2. The third-order valence-corrected chi connectivity index (χ3v) is 9.92. The highest BCUT2D eigenvalue weighted by molar-refractivity contribution is 7.47. The number of likely N-dealkylation sites (N-methyl/N-ethyl adjacent to an activating group) is 1. The van der Waals surface area contributed by atoms with Crippen LogP contribution in [-0.4, -0.2) is 87.1 Å². The van der Waals surface area contributed by atoms with Gasteiger partial charge >= 0.3 is 19.8 Å². The molecule has 0 amide bonds. The molecule has 0 radical (unpaired) electrons. The lowest BCUT2D eigenvalue weighted by Gasteiger charge is -2.24. The summed E-state index contributed by atoms with van der Waals surface area (Å²) in [4.78, 5) is 35.3. The van der Waals surface area contributed by atoms with E-state index in [0.29, 0.717) is 42.5 Å². The number of phosphoric ester groups is 1. The van der Waals surface area contributed by atoms with Crippen molar-refractivity contribution in [3.8, 4) is 0 Å². The number of phosphoric acid groups is 1. The minimum absolute atomic E-state index is 0.0146. The lowest BCUT2D eigenvalue weighted by molar-refractivity contribution is -0.870. The first kappa shape index (κ1) is 50.7. The number of ether oxygens (including phenoxy) is 3. The average molecular weight is 795 g/mol. The fraction of sp³-hybridized carbons (Fsp3) is 0.727. The molecule has 1 aliphatic rings. The molecule has 0 saturated carbocycles. The summed E-state index contributed by atoms with van der Waals surface area (Å²) in [6.45, 7) is 4.18. The molecule has 1 heterocycles. The van der Waals surface area contributed by atoms with Crippen LogP contribution in [0.25, 0.3) is 0 Å². The van der Waals surface area contributed by atoms with Gasteiger partial charge in [0.25, 0.3) is 0 Å². The van der Waals surface area contributed by atoms with Crippen molar-refractivity contribution in [3.63, 3.8) is 0 Å². The molecule has 0 aliphatic carbocycles. The topological polar surface area (TPSA) is 121 Å². The van der Waals surface area contributed by atoms with Gasteiger partial charge in [0, 0.05) is 12.8 Å².